The van der Waals surface area contributed by atoms with Crippen molar-refractivity contribution in [1.82, 2.24) is 9.97 Å². The molecule has 7 heteroatoms. The van der Waals surface area contributed by atoms with Crippen molar-refractivity contribution in [1.29, 1.82) is 4.78 Å². The average molecular weight is 292 g/mol. The summed E-state index contributed by atoms with van der Waals surface area (Å²) in [4.78, 5) is 8.72. The van der Waals surface area contributed by atoms with Gasteiger partial charge in [-0.15, -0.1) is 0 Å². The van der Waals surface area contributed by atoms with Gasteiger partial charge in [-0.25, -0.2) is 8.99 Å². The molecule has 0 spiro atoms. The van der Waals surface area contributed by atoms with Crippen LogP contribution in [-0.2, 0) is 16.3 Å². The molecule has 0 amide bonds. The minimum atomic E-state index is -2.65. The van der Waals surface area contributed by atoms with E-state index < -0.39 is 9.73 Å². The smallest absolute Gasteiger partial charge is 0.233 e. The number of ether oxygens (including phenoxy) is 1. The first-order valence-electron chi connectivity index (χ1n) is 5.91. The Balaban J connectivity index is 2.04. The van der Waals surface area contributed by atoms with E-state index in [0.29, 0.717) is 23.1 Å². The summed E-state index contributed by atoms with van der Waals surface area (Å²) in [6, 6.07) is 7.11. The molecule has 1 aromatic carbocycles. The molecular formula is C13H16N4O2S. The maximum atomic E-state index is 11.6. The highest BCUT2D eigenvalue weighted by Crippen LogP contribution is 2.13. The summed E-state index contributed by atoms with van der Waals surface area (Å²) in [5.74, 6) is 1.07. The molecule has 0 aliphatic heterocycles. The van der Waals surface area contributed by atoms with Crippen LogP contribution < -0.4 is 10.1 Å². The molecule has 0 saturated carbocycles. The van der Waals surface area contributed by atoms with Gasteiger partial charge in [0.05, 0.1) is 29.2 Å². The van der Waals surface area contributed by atoms with E-state index in [4.69, 9.17) is 9.52 Å². The van der Waals surface area contributed by atoms with Gasteiger partial charge in [0.1, 0.15) is 5.82 Å². The molecule has 1 atom stereocenters. The van der Waals surface area contributed by atoms with Gasteiger partial charge in [0, 0.05) is 17.7 Å². The van der Waals surface area contributed by atoms with Crippen LogP contribution in [0.5, 0.6) is 5.88 Å². The van der Waals surface area contributed by atoms with E-state index in [9.17, 15) is 4.21 Å². The summed E-state index contributed by atoms with van der Waals surface area (Å²) >= 11 is 0. The highest BCUT2D eigenvalue weighted by Gasteiger charge is 2.03. The van der Waals surface area contributed by atoms with Gasteiger partial charge in [0.2, 0.25) is 5.88 Å². The third kappa shape index (κ3) is 3.67. The molecule has 1 aromatic heterocycles. The Bertz CT molecular complexity index is 684. The van der Waals surface area contributed by atoms with E-state index in [1.54, 1.807) is 18.3 Å². The number of methoxy groups -OCH3 is 1. The van der Waals surface area contributed by atoms with Gasteiger partial charge in [0.15, 0.2) is 0 Å². The molecule has 1 heterocycles. The van der Waals surface area contributed by atoms with E-state index in [1.165, 1.54) is 19.6 Å². The molecule has 2 aromatic rings. The number of hydrogen-bond acceptors (Lipinski definition) is 6. The lowest BCUT2D eigenvalue weighted by Crippen LogP contribution is -2.03. The van der Waals surface area contributed by atoms with E-state index in [1.807, 2.05) is 12.1 Å². The zero-order chi connectivity index (χ0) is 14.6. The maximum Gasteiger partial charge on any atom is 0.233 e. The highest BCUT2D eigenvalue weighted by atomic mass is 32.2. The zero-order valence-electron chi connectivity index (χ0n) is 11.3. The molecular weight excluding hydrogens is 276 g/mol. The Kier molecular flexibility index (Phi) is 4.19. The summed E-state index contributed by atoms with van der Waals surface area (Å²) in [5, 5.41) is 3.12. The van der Waals surface area contributed by atoms with Gasteiger partial charge in [-0.1, -0.05) is 12.1 Å². The van der Waals surface area contributed by atoms with E-state index >= 15 is 0 Å². The lowest BCUT2D eigenvalue weighted by molar-refractivity contribution is 0.396. The number of nitrogens with one attached hydrogen (secondary N) is 2. The molecule has 0 fully saturated rings. The van der Waals surface area contributed by atoms with Gasteiger partial charge >= 0.3 is 0 Å². The summed E-state index contributed by atoms with van der Waals surface area (Å²) in [5.41, 5.74) is 1.00. The average Bonchev–Trinajstić information content (AvgIpc) is 2.45. The number of anilines is 1. The Hall–Kier alpha value is -2.15. The summed E-state index contributed by atoms with van der Waals surface area (Å²) < 4.78 is 24.1. The molecule has 0 saturated heterocycles. The second-order valence-corrected chi connectivity index (χ2v) is 6.45. The molecule has 0 aliphatic rings. The van der Waals surface area contributed by atoms with Crippen molar-refractivity contribution in [2.24, 2.45) is 0 Å². The SMILES string of the molecule is COc1cncc(NCc2ccc(S(C)(=N)=O)cc2)n1. The van der Waals surface area contributed by atoms with Crippen LogP contribution in [0.1, 0.15) is 5.56 Å². The lowest BCUT2D eigenvalue weighted by Gasteiger charge is -2.07. The van der Waals surface area contributed by atoms with Crippen molar-refractivity contribution < 1.29 is 8.95 Å². The van der Waals surface area contributed by atoms with Gasteiger partial charge in [0.25, 0.3) is 0 Å². The van der Waals surface area contributed by atoms with E-state index in [2.05, 4.69) is 15.3 Å². The first kappa shape index (κ1) is 14.3. The summed E-state index contributed by atoms with van der Waals surface area (Å²) in [6.45, 7) is 0.561. The monoisotopic (exact) mass is 292 g/mol. The third-order valence-corrected chi connectivity index (χ3v) is 3.84. The van der Waals surface area contributed by atoms with Crippen LogP contribution in [0.3, 0.4) is 0 Å². The molecule has 2 rings (SSSR count). The predicted octanol–water partition coefficient (Wildman–Crippen LogP) is 2.13. The maximum absolute atomic E-state index is 11.6. The molecule has 0 bridgehead atoms. The second kappa shape index (κ2) is 5.87. The van der Waals surface area contributed by atoms with E-state index in [-0.39, 0.29) is 0 Å². The van der Waals surface area contributed by atoms with Crippen LogP contribution in [0, 0.1) is 4.78 Å². The molecule has 106 valence electrons. The molecule has 2 N–H and O–H groups in total. The number of nitrogens with zero attached hydrogens (tertiary/aromatic N) is 2. The van der Waals surface area contributed by atoms with Gasteiger partial charge in [-0.05, 0) is 17.7 Å². The van der Waals surface area contributed by atoms with Crippen LogP contribution >= 0.6 is 0 Å². The standard InChI is InChI=1S/C13H16N4O2S/c1-19-13-9-15-8-12(17-13)16-7-10-3-5-11(6-4-10)20(2,14)18/h3-6,8-9,14H,7H2,1-2H3,(H,16,17). The van der Waals surface area contributed by atoms with E-state index in [0.717, 1.165) is 5.56 Å². The van der Waals surface area contributed by atoms with Crippen molar-refractivity contribution in [3.63, 3.8) is 0 Å². The molecule has 1 unspecified atom stereocenters. The van der Waals surface area contributed by atoms with Crippen molar-refractivity contribution >= 4 is 15.5 Å². The largest absolute Gasteiger partial charge is 0.480 e. The molecule has 20 heavy (non-hydrogen) atoms. The number of benzene rings is 1. The Labute approximate surface area is 118 Å². The fourth-order valence-corrected chi connectivity index (χ4v) is 2.25. The minimum absolute atomic E-state index is 0.449. The predicted molar refractivity (Wildman–Crippen MR) is 77.4 cm³/mol. The van der Waals surface area contributed by atoms with Crippen molar-refractivity contribution in [3.05, 3.63) is 42.2 Å². The first-order valence-corrected chi connectivity index (χ1v) is 7.88. The second-order valence-electron chi connectivity index (χ2n) is 4.29. The van der Waals surface area contributed by atoms with Gasteiger partial charge in [-0.2, -0.15) is 4.98 Å². The number of rotatable bonds is 5. The summed E-state index contributed by atoms with van der Waals surface area (Å²) in [7, 11) is -1.12. The number of hydrogen-bond donors (Lipinski definition) is 2. The fraction of sp³-hybridized carbons (Fsp3) is 0.231. The topological polar surface area (TPSA) is 88.0 Å². The third-order valence-electron chi connectivity index (χ3n) is 2.67. The fourth-order valence-electron chi connectivity index (χ4n) is 1.59. The van der Waals surface area contributed by atoms with Gasteiger partial charge < -0.3 is 10.1 Å². The quantitative estimate of drug-likeness (QED) is 0.881. The first-order chi connectivity index (χ1) is 9.49. The number of aromatic nitrogens is 2. The van der Waals surface area contributed by atoms with Gasteiger partial charge in [-0.3, -0.25) is 4.98 Å². The molecule has 6 nitrogen and oxygen atoms in total. The highest BCUT2D eigenvalue weighted by molar-refractivity contribution is 7.91. The van der Waals surface area contributed by atoms with Crippen LogP contribution in [0.15, 0.2) is 41.6 Å². The minimum Gasteiger partial charge on any atom is -0.480 e. The van der Waals surface area contributed by atoms with Crippen molar-refractivity contribution in [2.75, 3.05) is 18.7 Å². The van der Waals surface area contributed by atoms with Crippen molar-refractivity contribution in [3.8, 4) is 5.88 Å². The van der Waals surface area contributed by atoms with Crippen LogP contribution in [-0.4, -0.2) is 27.5 Å². The van der Waals surface area contributed by atoms with Crippen LogP contribution in [0.25, 0.3) is 0 Å². The molecule has 0 aliphatic carbocycles. The normalized spacial score (nSPS) is 13.5. The Morgan fingerprint density at radius 2 is 2.00 bits per heavy atom. The van der Waals surface area contributed by atoms with Crippen LogP contribution in [0.4, 0.5) is 5.82 Å². The van der Waals surface area contributed by atoms with Crippen LogP contribution in [0.2, 0.25) is 0 Å². The van der Waals surface area contributed by atoms with Crippen molar-refractivity contribution in [2.45, 2.75) is 11.4 Å². The molecule has 0 radical (unpaired) electrons. The Morgan fingerprint density at radius 1 is 1.30 bits per heavy atom. The Morgan fingerprint density at radius 3 is 2.60 bits per heavy atom. The summed E-state index contributed by atoms with van der Waals surface area (Å²) in [6.07, 6.45) is 4.55. The lowest BCUT2D eigenvalue weighted by atomic mass is 10.2. The zero-order valence-corrected chi connectivity index (χ0v) is 12.1.